The lowest BCUT2D eigenvalue weighted by Gasteiger charge is -2.08. The Morgan fingerprint density at radius 3 is 2.57 bits per heavy atom. The summed E-state index contributed by atoms with van der Waals surface area (Å²) in [5.41, 5.74) is 4.50. The number of nitrogens with zero attached hydrogens (tertiary/aromatic N) is 2. The van der Waals surface area contributed by atoms with Gasteiger partial charge < -0.3 is 9.30 Å². The number of aromatic nitrogens is 1. The Hall–Kier alpha value is -3.55. The summed E-state index contributed by atoms with van der Waals surface area (Å²) in [5.74, 6) is 0.255. The van der Waals surface area contributed by atoms with Crippen LogP contribution in [0.1, 0.15) is 22.4 Å². The lowest BCUT2D eigenvalue weighted by molar-refractivity contribution is -0.137. The fourth-order valence-electron chi connectivity index (χ4n) is 2.95. The van der Waals surface area contributed by atoms with E-state index in [1.807, 2.05) is 48.0 Å². The standard InChI is InChI=1S/C22H20F3N3O2/c1-15-10-17(14-28(15)19-6-8-20(30-2)9-7-19)13-26-27-21(29)12-16-4-3-5-18(11-16)22(23,24)25/h3-11,13-14H,12H2,1-2H3,(H,27,29)/b26-13+. The van der Waals surface area contributed by atoms with E-state index in [2.05, 4.69) is 10.5 Å². The third-order valence-electron chi connectivity index (χ3n) is 4.41. The Labute approximate surface area is 171 Å². The average molecular weight is 415 g/mol. The number of carbonyl (C=O) groups excluding carboxylic acids is 1. The van der Waals surface area contributed by atoms with Crippen molar-refractivity contribution in [1.29, 1.82) is 0 Å². The number of alkyl halides is 3. The molecule has 30 heavy (non-hydrogen) atoms. The highest BCUT2D eigenvalue weighted by atomic mass is 19.4. The predicted octanol–water partition coefficient (Wildman–Crippen LogP) is 4.51. The van der Waals surface area contributed by atoms with Crippen LogP contribution in [0.5, 0.6) is 5.75 Å². The molecule has 0 aliphatic carbocycles. The second-order valence-corrected chi connectivity index (χ2v) is 6.65. The number of benzene rings is 2. The van der Waals surface area contributed by atoms with E-state index < -0.39 is 17.6 Å². The van der Waals surface area contributed by atoms with E-state index in [0.717, 1.165) is 34.8 Å². The Bertz CT molecular complexity index is 1050. The van der Waals surface area contributed by atoms with Gasteiger partial charge in [-0.3, -0.25) is 4.79 Å². The number of hydrogen-bond acceptors (Lipinski definition) is 3. The van der Waals surface area contributed by atoms with Crippen LogP contribution in [0.25, 0.3) is 5.69 Å². The van der Waals surface area contributed by atoms with E-state index >= 15 is 0 Å². The number of amides is 1. The Kier molecular flexibility index (Phi) is 6.25. The maximum atomic E-state index is 12.8. The zero-order valence-electron chi connectivity index (χ0n) is 16.4. The number of hydrazone groups is 1. The molecular formula is C22H20F3N3O2. The smallest absolute Gasteiger partial charge is 0.416 e. The number of aryl methyl sites for hydroxylation is 1. The lowest BCUT2D eigenvalue weighted by Crippen LogP contribution is -2.20. The first kappa shape index (κ1) is 21.2. The fraction of sp³-hybridized carbons (Fsp3) is 0.182. The van der Waals surface area contributed by atoms with Crippen LogP contribution in [0.15, 0.2) is 65.9 Å². The van der Waals surface area contributed by atoms with Crippen molar-refractivity contribution in [2.75, 3.05) is 7.11 Å². The highest BCUT2D eigenvalue weighted by Gasteiger charge is 2.30. The topological polar surface area (TPSA) is 55.6 Å². The van der Waals surface area contributed by atoms with Crippen molar-refractivity contribution in [2.45, 2.75) is 19.5 Å². The Balaban J connectivity index is 1.62. The lowest BCUT2D eigenvalue weighted by atomic mass is 10.1. The van der Waals surface area contributed by atoms with Crippen molar-refractivity contribution in [3.05, 3.63) is 83.2 Å². The van der Waals surface area contributed by atoms with Crippen LogP contribution in [0.2, 0.25) is 0 Å². The first-order valence-electron chi connectivity index (χ1n) is 9.08. The molecule has 0 unspecified atom stereocenters. The summed E-state index contributed by atoms with van der Waals surface area (Å²) in [6.45, 7) is 1.94. The van der Waals surface area contributed by atoms with Crippen molar-refractivity contribution in [2.24, 2.45) is 5.10 Å². The highest BCUT2D eigenvalue weighted by Crippen LogP contribution is 2.29. The van der Waals surface area contributed by atoms with Gasteiger partial charge in [-0.2, -0.15) is 18.3 Å². The van der Waals surface area contributed by atoms with E-state index in [9.17, 15) is 18.0 Å². The summed E-state index contributed by atoms with van der Waals surface area (Å²) in [4.78, 5) is 12.0. The van der Waals surface area contributed by atoms with Crippen molar-refractivity contribution in [3.8, 4) is 11.4 Å². The zero-order chi connectivity index (χ0) is 21.7. The first-order chi connectivity index (χ1) is 14.3. The molecule has 3 rings (SSSR count). The molecule has 5 nitrogen and oxygen atoms in total. The van der Waals surface area contributed by atoms with Crippen LogP contribution < -0.4 is 10.2 Å². The van der Waals surface area contributed by atoms with E-state index in [-0.39, 0.29) is 12.0 Å². The molecule has 3 aromatic rings. The fourth-order valence-corrected chi connectivity index (χ4v) is 2.95. The minimum absolute atomic E-state index is 0.201. The molecular weight excluding hydrogens is 395 g/mol. The number of methoxy groups -OCH3 is 1. The molecule has 0 bridgehead atoms. The summed E-state index contributed by atoms with van der Waals surface area (Å²) >= 11 is 0. The maximum absolute atomic E-state index is 12.8. The van der Waals surface area contributed by atoms with Crippen LogP contribution in [0.4, 0.5) is 13.2 Å². The van der Waals surface area contributed by atoms with Gasteiger partial charge in [-0.25, -0.2) is 5.43 Å². The molecule has 0 aliphatic heterocycles. The largest absolute Gasteiger partial charge is 0.497 e. The highest BCUT2D eigenvalue weighted by molar-refractivity contribution is 5.83. The normalized spacial score (nSPS) is 11.6. The monoisotopic (exact) mass is 415 g/mol. The molecule has 0 atom stereocenters. The molecule has 1 aromatic heterocycles. The van der Waals surface area contributed by atoms with Gasteiger partial charge in [-0.15, -0.1) is 0 Å². The number of ether oxygens (including phenoxy) is 1. The molecule has 0 radical (unpaired) electrons. The van der Waals surface area contributed by atoms with Gasteiger partial charge in [0.2, 0.25) is 5.91 Å². The van der Waals surface area contributed by atoms with Crippen molar-refractivity contribution in [3.63, 3.8) is 0 Å². The number of nitrogens with one attached hydrogen (secondary N) is 1. The molecule has 0 fully saturated rings. The van der Waals surface area contributed by atoms with E-state index in [4.69, 9.17) is 4.74 Å². The van der Waals surface area contributed by atoms with Crippen LogP contribution in [-0.2, 0) is 17.4 Å². The van der Waals surface area contributed by atoms with E-state index in [0.29, 0.717) is 0 Å². The third-order valence-corrected chi connectivity index (χ3v) is 4.41. The van der Waals surface area contributed by atoms with Crippen molar-refractivity contribution < 1.29 is 22.7 Å². The maximum Gasteiger partial charge on any atom is 0.416 e. The Morgan fingerprint density at radius 2 is 1.90 bits per heavy atom. The predicted molar refractivity (Wildman–Crippen MR) is 108 cm³/mol. The van der Waals surface area contributed by atoms with E-state index in [1.54, 1.807) is 7.11 Å². The summed E-state index contributed by atoms with van der Waals surface area (Å²) < 4.78 is 45.4. The minimum Gasteiger partial charge on any atom is -0.497 e. The van der Waals surface area contributed by atoms with Crippen LogP contribution in [0.3, 0.4) is 0 Å². The van der Waals surface area contributed by atoms with Gasteiger partial charge in [0.1, 0.15) is 5.75 Å². The van der Waals surface area contributed by atoms with Crippen molar-refractivity contribution in [1.82, 2.24) is 9.99 Å². The van der Waals surface area contributed by atoms with Crippen molar-refractivity contribution >= 4 is 12.1 Å². The number of hydrogen-bond donors (Lipinski definition) is 1. The van der Waals surface area contributed by atoms with Gasteiger partial charge in [-0.05, 0) is 48.9 Å². The molecule has 1 N–H and O–H groups in total. The molecule has 2 aromatic carbocycles. The quantitative estimate of drug-likeness (QED) is 0.476. The molecule has 0 saturated heterocycles. The second kappa shape index (κ2) is 8.86. The van der Waals surface area contributed by atoms with Gasteiger partial charge in [0.15, 0.2) is 0 Å². The average Bonchev–Trinajstić information content (AvgIpc) is 3.08. The molecule has 0 saturated carbocycles. The van der Waals surface area contributed by atoms with Gasteiger partial charge >= 0.3 is 6.18 Å². The van der Waals surface area contributed by atoms with E-state index in [1.165, 1.54) is 18.3 Å². The molecule has 1 amide bonds. The number of halogens is 3. The molecule has 1 heterocycles. The molecule has 8 heteroatoms. The van der Waals surface area contributed by atoms with Gasteiger partial charge in [-0.1, -0.05) is 18.2 Å². The van der Waals surface area contributed by atoms with Crippen LogP contribution in [0, 0.1) is 6.92 Å². The molecule has 0 spiro atoms. The van der Waals surface area contributed by atoms with Gasteiger partial charge in [0, 0.05) is 23.1 Å². The Morgan fingerprint density at radius 1 is 1.17 bits per heavy atom. The summed E-state index contributed by atoms with van der Waals surface area (Å²) in [7, 11) is 1.60. The minimum atomic E-state index is -4.44. The van der Waals surface area contributed by atoms with Crippen LogP contribution in [-0.4, -0.2) is 23.8 Å². The second-order valence-electron chi connectivity index (χ2n) is 6.65. The van der Waals surface area contributed by atoms with Crippen LogP contribution >= 0.6 is 0 Å². The van der Waals surface area contributed by atoms with Gasteiger partial charge in [0.25, 0.3) is 0 Å². The summed E-state index contributed by atoms with van der Waals surface area (Å²) in [6, 6.07) is 14.1. The summed E-state index contributed by atoms with van der Waals surface area (Å²) in [6.07, 6.45) is -1.30. The first-order valence-corrected chi connectivity index (χ1v) is 9.08. The SMILES string of the molecule is COc1ccc(-n2cc(/C=N/NC(=O)Cc3cccc(C(F)(F)F)c3)cc2C)cc1. The molecule has 0 aliphatic rings. The zero-order valence-corrected chi connectivity index (χ0v) is 16.4. The summed E-state index contributed by atoms with van der Waals surface area (Å²) in [5, 5.41) is 3.90. The van der Waals surface area contributed by atoms with Gasteiger partial charge in [0.05, 0.1) is 25.3 Å². The number of rotatable bonds is 6. The third kappa shape index (κ3) is 5.28. The number of carbonyl (C=O) groups is 1. The molecule has 156 valence electrons.